The number of rotatable bonds is 19. The Morgan fingerprint density at radius 3 is 1.94 bits per heavy atom. The van der Waals surface area contributed by atoms with Gasteiger partial charge in [0.2, 0.25) is 0 Å². The summed E-state index contributed by atoms with van der Waals surface area (Å²) in [5.41, 5.74) is 4.53. The Bertz CT molecular complexity index is 1730. The molecule has 1 heterocycles. The highest BCUT2D eigenvalue weighted by Gasteiger charge is 2.11. The van der Waals surface area contributed by atoms with Crippen LogP contribution in [0.25, 0.3) is 20.8 Å². The number of hydrogen-bond acceptors (Lipinski definition) is 12. The normalized spacial score (nSPS) is 13.1. The fourth-order valence-electron chi connectivity index (χ4n) is 4.56. The molecule has 1 aliphatic carbocycles. The van der Waals surface area contributed by atoms with Gasteiger partial charge in [0.05, 0.1) is 77.2 Å². The molecule has 2 atom stereocenters. The van der Waals surface area contributed by atoms with E-state index in [1.807, 2.05) is 78.9 Å². The van der Waals surface area contributed by atoms with Crippen molar-refractivity contribution in [3.05, 3.63) is 90.3 Å². The number of benzene rings is 4. The van der Waals surface area contributed by atoms with Gasteiger partial charge < -0.3 is 44.0 Å². The van der Waals surface area contributed by atoms with Gasteiger partial charge in [0.25, 0.3) is 0 Å². The molecule has 0 bridgehead atoms. The summed E-state index contributed by atoms with van der Waals surface area (Å²) in [4.78, 5) is 10.8. The average Bonchev–Trinajstić information content (AvgIpc) is 3.08. The zero-order valence-electron chi connectivity index (χ0n) is 27.0. The molecule has 2 unspecified atom stereocenters. The highest BCUT2D eigenvalue weighted by Crippen LogP contribution is 2.35. The third-order valence-electron chi connectivity index (χ3n) is 6.79. The molecule has 0 aromatic heterocycles. The van der Waals surface area contributed by atoms with Crippen molar-refractivity contribution in [1.29, 1.82) is 0 Å². The third kappa shape index (κ3) is 11.2. The van der Waals surface area contributed by atoms with Crippen LogP contribution in [0.2, 0.25) is 0 Å². The molecular formula is C36H41N3O8S. The largest absolute Gasteiger partial charge is 0.491 e. The molecule has 254 valence electrons. The molecule has 12 heteroatoms. The molecule has 0 radical (unpaired) electrons. The quantitative estimate of drug-likeness (QED) is 0.0554. The highest BCUT2D eigenvalue weighted by atomic mass is 32.1. The Hall–Kier alpha value is -4.14. The molecule has 3 aromatic rings. The molecule has 3 aromatic carbocycles. The van der Waals surface area contributed by atoms with Gasteiger partial charge in [0, 0.05) is 5.69 Å². The lowest BCUT2D eigenvalue weighted by molar-refractivity contribution is -0.100. The Kier molecular flexibility index (Phi) is 13.5. The molecule has 48 heavy (non-hydrogen) atoms. The second-order valence-corrected chi connectivity index (χ2v) is 11.7. The zero-order chi connectivity index (χ0) is 33.6. The number of nitrogens with one attached hydrogen (secondary N) is 1. The predicted molar refractivity (Wildman–Crippen MR) is 186 cm³/mol. The molecular weight excluding hydrogens is 634 g/mol. The van der Waals surface area contributed by atoms with Crippen molar-refractivity contribution >= 4 is 38.6 Å². The van der Waals surface area contributed by atoms with Gasteiger partial charge in [-0.15, -0.1) is 11.3 Å². The van der Waals surface area contributed by atoms with Gasteiger partial charge in [-0.2, -0.15) is 0 Å². The lowest BCUT2D eigenvalue weighted by Gasteiger charge is -2.13. The van der Waals surface area contributed by atoms with Gasteiger partial charge in [-0.05, 0) is 92.7 Å². The molecule has 0 spiro atoms. The van der Waals surface area contributed by atoms with Crippen molar-refractivity contribution in [3.63, 3.8) is 0 Å². The number of aliphatic hydroxyl groups excluding tert-OH is 2. The van der Waals surface area contributed by atoms with E-state index in [1.165, 1.54) is 0 Å². The summed E-state index contributed by atoms with van der Waals surface area (Å²) in [6, 6.07) is 27.5. The van der Waals surface area contributed by atoms with Crippen LogP contribution >= 0.6 is 11.3 Å². The summed E-state index contributed by atoms with van der Waals surface area (Å²) in [5, 5.41) is 22.5. The number of hydrogen-bond donors (Lipinski definition) is 3. The Morgan fingerprint density at radius 2 is 1.31 bits per heavy atom. The van der Waals surface area contributed by atoms with Crippen LogP contribution in [0.3, 0.4) is 0 Å². The zero-order valence-corrected chi connectivity index (χ0v) is 27.9. The number of nitrogens with zero attached hydrogens (tertiary/aromatic N) is 2. The standard InChI is InChI=1S/C36H41N3O8S/c1-25(40)44-20-16-42-18-22-46-30-11-6-27(7-12-30)37-29-10-15-32-35(24-29)48-36-33(4-3-5-34(36)39-32)38-28-8-13-31(14-9-28)47-23-19-43-17-21-45-26(2)41/h3-15,24-26,38,40-41H,16-23H2,1-2H3. The minimum absolute atomic E-state index is 0.335. The highest BCUT2D eigenvalue weighted by molar-refractivity contribution is 7.22. The maximum atomic E-state index is 9.09. The SMILES string of the molecule is CC(O)OCCOCCOc1ccc(N=c2ccc3nc4cccc(Nc5ccc(OCCOCCOC(C)O)cc5)c4sc-3c2)cc1. The van der Waals surface area contributed by atoms with Crippen molar-refractivity contribution in [2.24, 2.45) is 4.99 Å². The molecule has 3 N–H and O–H groups in total. The number of aromatic nitrogens is 1. The molecule has 0 fully saturated rings. The Balaban J connectivity index is 1.18. The maximum Gasteiger partial charge on any atom is 0.151 e. The number of fused-ring (bicyclic) bond motifs is 2. The maximum absolute atomic E-state index is 9.09. The molecule has 1 aliphatic heterocycles. The van der Waals surface area contributed by atoms with Gasteiger partial charge in [-0.1, -0.05) is 6.07 Å². The van der Waals surface area contributed by atoms with E-state index in [0.717, 1.165) is 54.7 Å². The summed E-state index contributed by atoms with van der Waals surface area (Å²) in [6.45, 7) is 6.28. The van der Waals surface area contributed by atoms with E-state index in [1.54, 1.807) is 25.2 Å². The van der Waals surface area contributed by atoms with Gasteiger partial charge >= 0.3 is 0 Å². The Morgan fingerprint density at radius 1 is 0.708 bits per heavy atom. The lowest BCUT2D eigenvalue weighted by Crippen LogP contribution is -2.14. The van der Waals surface area contributed by atoms with Crippen LogP contribution in [-0.2, 0) is 18.9 Å². The minimum Gasteiger partial charge on any atom is -0.491 e. The number of anilines is 2. The van der Waals surface area contributed by atoms with E-state index in [9.17, 15) is 0 Å². The summed E-state index contributed by atoms with van der Waals surface area (Å²) in [5.74, 6) is 1.48. The van der Waals surface area contributed by atoms with Gasteiger partial charge in [-0.25, -0.2) is 9.98 Å². The number of ether oxygens (including phenoxy) is 6. The van der Waals surface area contributed by atoms with E-state index >= 15 is 0 Å². The van der Waals surface area contributed by atoms with E-state index in [2.05, 4.69) is 11.4 Å². The van der Waals surface area contributed by atoms with Crippen LogP contribution in [-0.4, -0.2) is 80.6 Å². The van der Waals surface area contributed by atoms with Crippen LogP contribution in [0, 0.1) is 0 Å². The summed E-state index contributed by atoms with van der Waals surface area (Å²) in [7, 11) is 0. The summed E-state index contributed by atoms with van der Waals surface area (Å²) < 4.78 is 33.5. The van der Waals surface area contributed by atoms with Crippen LogP contribution in [0.5, 0.6) is 11.5 Å². The molecule has 0 saturated carbocycles. The van der Waals surface area contributed by atoms with Crippen molar-refractivity contribution in [2.45, 2.75) is 26.4 Å². The monoisotopic (exact) mass is 675 g/mol. The van der Waals surface area contributed by atoms with Crippen molar-refractivity contribution in [3.8, 4) is 22.1 Å². The minimum atomic E-state index is -0.791. The topological polar surface area (TPSA) is 133 Å². The summed E-state index contributed by atoms with van der Waals surface area (Å²) >= 11 is 1.67. The predicted octanol–water partition coefficient (Wildman–Crippen LogP) is 5.88. The first-order valence-electron chi connectivity index (χ1n) is 15.8. The molecule has 0 amide bonds. The smallest absolute Gasteiger partial charge is 0.151 e. The fraction of sp³-hybridized carbons (Fsp3) is 0.333. The first-order valence-corrected chi connectivity index (χ1v) is 16.6. The van der Waals surface area contributed by atoms with Crippen LogP contribution < -0.4 is 20.1 Å². The van der Waals surface area contributed by atoms with Gasteiger partial charge in [0.1, 0.15) is 24.7 Å². The van der Waals surface area contributed by atoms with Crippen LogP contribution in [0.1, 0.15) is 13.8 Å². The number of aliphatic hydroxyl groups is 2. The van der Waals surface area contributed by atoms with E-state index < -0.39 is 12.6 Å². The van der Waals surface area contributed by atoms with Crippen molar-refractivity contribution in [2.75, 3.05) is 58.2 Å². The second kappa shape index (κ2) is 18.4. The average molecular weight is 676 g/mol. The van der Waals surface area contributed by atoms with Gasteiger partial charge in [-0.3, -0.25) is 0 Å². The van der Waals surface area contributed by atoms with Crippen molar-refractivity contribution < 1.29 is 38.6 Å². The molecule has 2 aliphatic rings. The van der Waals surface area contributed by atoms with E-state index in [0.29, 0.717) is 52.9 Å². The van der Waals surface area contributed by atoms with E-state index in [4.69, 9.17) is 48.6 Å². The summed E-state index contributed by atoms with van der Waals surface area (Å²) in [6.07, 6.45) is -1.58. The van der Waals surface area contributed by atoms with E-state index in [-0.39, 0.29) is 0 Å². The first kappa shape index (κ1) is 35.2. The molecule has 11 nitrogen and oxygen atoms in total. The fourth-order valence-corrected chi connectivity index (χ4v) is 5.62. The lowest BCUT2D eigenvalue weighted by atomic mass is 10.2. The van der Waals surface area contributed by atoms with Gasteiger partial charge in [0.15, 0.2) is 12.6 Å². The first-order chi connectivity index (χ1) is 23.4. The molecule has 0 saturated heterocycles. The second-order valence-electron chi connectivity index (χ2n) is 10.6. The molecule has 5 rings (SSSR count). The van der Waals surface area contributed by atoms with Crippen LogP contribution in [0.4, 0.5) is 17.1 Å². The third-order valence-corrected chi connectivity index (χ3v) is 7.97. The Labute approximate surface area is 283 Å². The van der Waals surface area contributed by atoms with Crippen LogP contribution in [0.15, 0.2) is 89.9 Å². The van der Waals surface area contributed by atoms with Crippen molar-refractivity contribution in [1.82, 2.24) is 4.98 Å².